The zero-order chi connectivity index (χ0) is 34.8. The molecular formula is C37H46N6O6. The number of nitrogens with zero attached hydrogens (tertiary/aromatic N) is 2. The lowest BCUT2D eigenvalue weighted by atomic mass is 9.89. The molecule has 0 radical (unpaired) electrons. The molecule has 4 N–H and O–H groups in total. The molecule has 0 saturated carbocycles. The largest absolute Gasteiger partial charge is 0.492 e. The fourth-order valence-corrected chi connectivity index (χ4v) is 6.02. The van der Waals surface area contributed by atoms with Crippen molar-refractivity contribution in [2.24, 2.45) is 5.92 Å². The van der Waals surface area contributed by atoms with Crippen LogP contribution in [0.3, 0.4) is 0 Å². The van der Waals surface area contributed by atoms with Crippen LogP contribution in [0.1, 0.15) is 44.7 Å². The second-order valence-electron chi connectivity index (χ2n) is 13.0. The second-order valence-corrected chi connectivity index (χ2v) is 13.0. The van der Waals surface area contributed by atoms with Gasteiger partial charge in [0.25, 0.3) is 5.91 Å². The van der Waals surface area contributed by atoms with E-state index >= 15 is 0 Å². The molecule has 6 rings (SSSR count). The van der Waals surface area contributed by atoms with Gasteiger partial charge in [0.2, 0.25) is 17.7 Å². The summed E-state index contributed by atoms with van der Waals surface area (Å²) >= 11 is 0. The van der Waals surface area contributed by atoms with E-state index in [0.29, 0.717) is 44.0 Å². The van der Waals surface area contributed by atoms with Gasteiger partial charge in [0.05, 0.1) is 6.54 Å². The molecule has 0 aliphatic carbocycles. The Bertz CT molecular complexity index is 1560. The Labute approximate surface area is 287 Å². The maximum atomic E-state index is 14.0. The van der Waals surface area contributed by atoms with E-state index in [2.05, 4.69) is 31.2 Å². The Morgan fingerprint density at radius 1 is 0.837 bits per heavy atom. The summed E-state index contributed by atoms with van der Waals surface area (Å²) in [5, 5.41) is 11.4. The van der Waals surface area contributed by atoms with Crippen molar-refractivity contribution in [1.82, 2.24) is 31.2 Å². The molecule has 260 valence electrons. The van der Waals surface area contributed by atoms with Gasteiger partial charge in [0.15, 0.2) is 5.60 Å². The summed E-state index contributed by atoms with van der Waals surface area (Å²) < 4.78 is 12.3. The standard InChI is InChI=1S/C37H46N6O6/c1-25(2)32-35(46)41-31(22-27-8-5-4-6-9-27)34(45)39-18-21-48-29-11-13-30(14-12-29)49-37(36(47)40-26(3)33(44)42-32)15-19-43(20-16-37)24-28-10-7-17-38-23-28/h4-14,17,23,25-26,31-32H,15-16,18-22,24H2,1-3H3,(H,39,45)(H,40,47)(H,41,46)(H,42,44)/t26-,31+,32-/m1/s1. The summed E-state index contributed by atoms with van der Waals surface area (Å²) in [5.41, 5.74) is 0.720. The number of benzene rings is 2. The van der Waals surface area contributed by atoms with Crippen LogP contribution in [-0.2, 0) is 32.1 Å². The molecule has 3 aliphatic heterocycles. The number of carbonyl (C=O) groups is 4. The fourth-order valence-electron chi connectivity index (χ4n) is 6.02. The first kappa shape index (κ1) is 35.3. The Kier molecular flexibility index (Phi) is 11.8. The minimum Gasteiger partial charge on any atom is -0.492 e. The number of fused-ring (bicyclic) bond motifs is 15. The summed E-state index contributed by atoms with van der Waals surface area (Å²) in [6.45, 7) is 7.48. The molecule has 1 saturated heterocycles. The monoisotopic (exact) mass is 670 g/mol. The summed E-state index contributed by atoms with van der Waals surface area (Å²) in [4.78, 5) is 60.9. The van der Waals surface area contributed by atoms with Crippen molar-refractivity contribution in [3.05, 3.63) is 90.3 Å². The number of aromatic nitrogens is 1. The van der Waals surface area contributed by atoms with Crippen molar-refractivity contribution in [1.29, 1.82) is 0 Å². The summed E-state index contributed by atoms with van der Waals surface area (Å²) in [6.07, 6.45) is 4.62. The normalized spacial score (nSPS) is 22.7. The van der Waals surface area contributed by atoms with Crippen LogP contribution in [0.15, 0.2) is 79.1 Å². The molecule has 12 heteroatoms. The van der Waals surface area contributed by atoms with Gasteiger partial charge in [0.1, 0.15) is 36.2 Å². The number of piperidine rings is 1. The lowest BCUT2D eigenvalue weighted by molar-refractivity contribution is -0.144. The van der Waals surface area contributed by atoms with E-state index in [1.54, 1.807) is 37.4 Å². The van der Waals surface area contributed by atoms with Crippen LogP contribution in [0.5, 0.6) is 11.5 Å². The van der Waals surface area contributed by atoms with Crippen LogP contribution < -0.4 is 30.7 Å². The summed E-state index contributed by atoms with van der Waals surface area (Å²) in [6, 6.07) is 17.5. The highest BCUT2D eigenvalue weighted by Gasteiger charge is 2.45. The van der Waals surface area contributed by atoms with E-state index < -0.39 is 41.4 Å². The number of hydrogen-bond acceptors (Lipinski definition) is 8. The van der Waals surface area contributed by atoms with E-state index in [1.807, 2.05) is 62.5 Å². The van der Waals surface area contributed by atoms with Gasteiger partial charge in [-0.05, 0) is 54.3 Å². The molecule has 1 spiro atoms. The van der Waals surface area contributed by atoms with Crippen LogP contribution in [0.4, 0.5) is 0 Å². The third-order valence-corrected chi connectivity index (χ3v) is 8.92. The van der Waals surface area contributed by atoms with E-state index in [4.69, 9.17) is 9.47 Å². The molecule has 3 aliphatic rings. The van der Waals surface area contributed by atoms with E-state index in [0.717, 1.165) is 11.1 Å². The van der Waals surface area contributed by atoms with Crippen LogP contribution in [-0.4, -0.2) is 83.5 Å². The van der Waals surface area contributed by atoms with Crippen LogP contribution in [0, 0.1) is 5.92 Å². The number of likely N-dealkylation sites (tertiary alicyclic amines) is 1. The minimum absolute atomic E-state index is 0.194. The lowest BCUT2D eigenvalue weighted by Crippen LogP contribution is -2.61. The molecule has 3 atom stereocenters. The zero-order valence-corrected chi connectivity index (χ0v) is 28.3. The van der Waals surface area contributed by atoms with Crippen molar-refractivity contribution in [3.8, 4) is 11.5 Å². The molecule has 3 aromatic rings. The maximum Gasteiger partial charge on any atom is 0.264 e. The average Bonchev–Trinajstić information content (AvgIpc) is 3.10. The topological polar surface area (TPSA) is 151 Å². The molecule has 2 aromatic carbocycles. The van der Waals surface area contributed by atoms with Crippen LogP contribution in [0.25, 0.3) is 0 Å². The van der Waals surface area contributed by atoms with Gasteiger partial charge in [-0.3, -0.25) is 29.1 Å². The van der Waals surface area contributed by atoms with E-state index in [1.165, 1.54) is 0 Å². The van der Waals surface area contributed by atoms with Crippen molar-refractivity contribution in [2.75, 3.05) is 26.2 Å². The maximum absolute atomic E-state index is 14.0. The minimum atomic E-state index is -1.23. The van der Waals surface area contributed by atoms with Gasteiger partial charge in [-0.15, -0.1) is 0 Å². The predicted octanol–water partition coefficient (Wildman–Crippen LogP) is 2.38. The van der Waals surface area contributed by atoms with Crippen LogP contribution in [0.2, 0.25) is 0 Å². The first-order chi connectivity index (χ1) is 23.6. The first-order valence-electron chi connectivity index (χ1n) is 16.9. The molecule has 4 heterocycles. The van der Waals surface area contributed by atoms with E-state index in [-0.39, 0.29) is 31.4 Å². The fraction of sp³-hybridized carbons (Fsp3) is 0.432. The number of hydrogen-bond donors (Lipinski definition) is 4. The molecule has 1 fully saturated rings. The third kappa shape index (κ3) is 9.56. The van der Waals surface area contributed by atoms with Gasteiger partial charge in [-0.2, -0.15) is 0 Å². The van der Waals surface area contributed by atoms with Gasteiger partial charge < -0.3 is 30.7 Å². The molecule has 0 unspecified atom stereocenters. The molecule has 12 nitrogen and oxygen atoms in total. The quantitative estimate of drug-likeness (QED) is 0.302. The van der Waals surface area contributed by atoms with E-state index in [9.17, 15) is 19.2 Å². The lowest BCUT2D eigenvalue weighted by Gasteiger charge is -2.41. The average molecular weight is 671 g/mol. The smallest absolute Gasteiger partial charge is 0.264 e. The Balaban J connectivity index is 1.36. The molecule has 49 heavy (non-hydrogen) atoms. The number of nitrogens with one attached hydrogen (secondary N) is 4. The highest BCUT2D eigenvalue weighted by Crippen LogP contribution is 2.31. The molecule has 1 aromatic heterocycles. The number of carbonyl (C=O) groups excluding carboxylic acids is 4. The molecule has 2 bridgehead atoms. The Hall–Kier alpha value is -4.97. The highest BCUT2D eigenvalue weighted by atomic mass is 16.5. The van der Waals surface area contributed by atoms with Crippen molar-refractivity contribution < 1.29 is 28.7 Å². The number of amides is 4. The third-order valence-electron chi connectivity index (χ3n) is 8.92. The molecular weight excluding hydrogens is 624 g/mol. The number of pyridine rings is 1. The van der Waals surface area contributed by atoms with Gasteiger partial charge >= 0.3 is 0 Å². The number of ether oxygens (including phenoxy) is 2. The highest BCUT2D eigenvalue weighted by molar-refractivity contribution is 5.95. The van der Waals surface area contributed by atoms with Crippen LogP contribution >= 0.6 is 0 Å². The first-order valence-corrected chi connectivity index (χ1v) is 16.9. The zero-order valence-electron chi connectivity index (χ0n) is 28.3. The van der Waals surface area contributed by atoms with Gasteiger partial charge in [-0.25, -0.2) is 0 Å². The SMILES string of the molecule is CC(C)[C@H]1NC(=O)[C@@H](C)NC(=O)C2(CCN(Cc3cccnc3)CC2)Oc2ccc(cc2)OCCNC(=O)[C@H](Cc2ccccc2)NC1=O. The molecule has 4 amide bonds. The second kappa shape index (κ2) is 16.4. The van der Waals surface area contributed by atoms with Gasteiger partial charge in [0, 0.05) is 51.3 Å². The predicted molar refractivity (Wildman–Crippen MR) is 184 cm³/mol. The van der Waals surface area contributed by atoms with Gasteiger partial charge in [-0.1, -0.05) is 50.2 Å². The number of rotatable bonds is 5. The van der Waals surface area contributed by atoms with Crippen molar-refractivity contribution in [3.63, 3.8) is 0 Å². The Morgan fingerprint density at radius 2 is 1.53 bits per heavy atom. The Morgan fingerprint density at radius 3 is 2.20 bits per heavy atom. The summed E-state index contributed by atoms with van der Waals surface area (Å²) in [7, 11) is 0. The van der Waals surface area contributed by atoms with Crippen molar-refractivity contribution >= 4 is 23.6 Å². The summed E-state index contributed by atoms with van der Waals surface area (Å²) in [5.74, 6) is -1.04. The van der Waals surface area contributed by atoms with Crippen molar-refractivity contribution in [2.45, 2.75) is 70.3 Å².